The van der Waals surface area contributed by atoms with E-state index < -0.39 is 22.1 Å². The maximum atomic E-state index is 13.0. The molecule has 0 spiro atoms. The Morgan fingerprint density at radius 1 is 0.746 bits per heavy atom. The zero-order valence-electron chi connectivity index (χ0n) is 34.8. The van der Waals surface area contributed by atoms with Gasteiger partial charge >= 0.3 is 5.97 Å². The lowest BCUT2D eigenvalue weighted by Crippen LogP contribution is -2.26. The van der Waals surface area contributed by atoms with E-state index in [-0.39, 0.29) is 30.3 Å². The summed E-state index contributed by atoms with van der Waals surface area (Å²) in [5, 5.41) is 12.3. The number of nitrogens with two attached hydrogens (primary N) is 1. The van der Waals surface area contributed by atoms with Crippen molar-refractivity contribution >= 4 is 82.2 Å². The molecule has 0 aliphatic rings. The highest BCUT2D eigenvalue weighted by Crippen LogP contribution is 2.23. The van der Waals surface area contributed by atoms with E-state index in [0.717, 1.165) is 23.2 Å². The molecule has 59 heavy (non-hydrogen) atoms. The first kappa shape index (κ1) is 47.4. The Labute approximate surface area is 363 Å². The van der Waals surface area contributed by atoms with Crippen molar-refractivity contribution in [3.8, 4) is 0 Å². The van der Waals surface area contributed by atoms with Gasteiger partial charge in [0.1, 0.15) is 39.3 Å². The number of fused-ring (bicyclic) bond motifs is 2. The highest BCUT2D eigenvalue weighted by Gasteiger charge is 2.21. The van der Waals surface area contributed by atoms with Crippen LogP contribution in [0.3, 0.4) is 0 Å². The van der Waals surface area contributed by atoms with Crippen molar-refractivity contribution in [3.05, 3.63) is 105 Å². The minimum Gasteiger partial charge on any atom is -0.478 e. The van der Waals surface area contributed by atoms with Gasteiger partial charge in [-0.3, -0.25) is 14.8 Å². The van der Waals surface area contributed by atoms with Crippen LogP contribution in [-0.2, 0) is 22.9 Å². The van der Waals surface area contributed by atoms with Gasteiger partial charge in [0, 0.05) is 72.6 Å². The summed E-state index contributed by atoms with van der Waals surface area (Å²) in [5.41, 5.74) is 10.4. The molecule has 0 saturated heterocycles. The summed E-state index contributed by atoms with van der Waals surface area (Å²) in [7, 11) is -2.29. The highest BCUT2D eigenvalue weighted by atomic mass is 79.9. The minimum absolute atomic E-state index is 0.119. The average molecular weight is 971 g/mol. The lowest BCUT2D eigenvalue weighted by atomic mass is 10.1. The second-order valence-corrected chi connectivity index (χ2v) is 29.2. The third-order valence-corrected chi connectivity index (χ3v) is 13.0. The molecule has 4 N–H and O–H groups in total. The first-order chi connectivity index (χ1) is 27.8. The number of amides is 1. The summed E-state index contributed by atoms with van der Waals surface area (Å²) in [6.45, 7) is 19.7. The van der Waals surface area contributed by atoms with Gasteiger partial charge in [-0.05, 0) is 93.2 Å². The second kappa shape index (κ2) is 21.8. The fourth-order valence-electron chi connectivity index (χ4n) is 5.34. The number of hydrogen-bond acceptors (Lipinski definition) is 11. The molecule has 0 saturated carbocycles. The molecule has 2 atom stereocenters. The molecule has 6 rings (SSSR count). The number of carbonyl (C=O) groups excluding carboxylic acids is 1. The zero-order valence-corrected chi connectivity index (χ0v) is 40.0. The fraction of sp³-hybridized carbons (Fsp3) is 0.400. The van der Waals surface area contributed by atoms with Crippen molar-refractivity contribution in [3.63, 3.8) is 0 Å². The van der Waals surface area contributed by atoms with Gasteiger partial charge in [0.25, 0.3) is 5.91 Å². The van der Waals surface area contributed by atoms with Crippen LogP contribution in [0.25, 0.3) is 22.3 Å². The van der Waals surface area contributed by atoms with Gasteiger partial charge in [-0.15, -0.1) is 0 Å². The van der Waals surface area contributed by atoms with Crippen molar-refractivity contribution in [1.82, 2.24) is 44.4 Å². The van der Waals surface area contributed by atoms with Crippen molar-refractivity contribution < 1.29 is 24.2 Å². The Morgan fingerprint density at radius 2 is 1.17 bits per heavy atom. The zero-order chi connectivity index (χ0) is 43.3. The molecule has 6 aromatic heterocycles. The highest BCUT2D eigenvalue weighted by molar-refractivity contribution is 9.10. The van der Waals surface area contributed by atoms with E-state index in [2.05, 4.69) is 106 Å². The van der Waals surface area contributed by atoms with Gasteiger partial charge < -0.3 is 34.8 Å². The summed E-state index contributed by atoms with van der Waals surface area (Å²) < 4.78 is 16.1. The summed E-state index contributed by atoms with van der Waals surface area (Å²) >= 11 is 6.56. The Bertz CT molecular complexity index is 2280. The molecule has 6 heterocycles. The molecule has 0 radical (unpaired) electrons. The summed E-state index contributed by atoms with van der Waals surface area (Å²) in [6, 6.07) is 9.73. The van der Waals surface area contributed by atoms with Crippen LogP contribution < -0.4 is 11.1 Å². The van der Waals surface area contributed by atoms with E-state index in [0.29, 0.717) is 57.0 Å². The molecule has 15 nitrogen and oxygen atoms in total. The van der Waals surface area contributed by atoms with Crippen LogP contribution in [0.15, 0.2) is 83.0 Å². The van der Waals surface area contributed by atoms with Crippen molar-refractivity contribution in [1.29, 1.82) is 0 Å². The standard InChI is InChI=1S/C20H26BrN5O2Si.C13H18BrN3O3Si.C7H10N2/c1-14(15-5-7-22-8-6-15)24-20(27)16-12-26(13-28-9-10-29(2,3)4)19-18(16)25-17(21)11-23-19;1-21(2,3)5-4-20-8-17-7-9(13(18)19)11-12(17)15-6-10(14)16-11;1-6(8)7-2-4-9-5-3-7/h5-8,11-12,14H,9-10,13H2,1-4H3,(H,24,27);6-7H,4-5,8H2,1-3H3,(H,18,19);2-6H,8H2,1H3. The van der Waals surface area contributed by atoms with E-state index in [1.54, 1.807) is 47.9 Å². The predicted octanol–water partition coefficient (Wildman–Crippen LogP) is 8.70. The normalized spacial score (nSPS) is 12.6. The van der Waals surface area contributed by atoms with Gasteiger partial charge in [-0.1, -0.05) is 39.3 Å². The van der Waals surface area contributed by atoms with Crippen LogP contribution in [0.1, 0.15) is 57.8 Å². The smallest absolute Gasteiger partial charge is 0.339 e. The maximum absolute atomic E-state index is 13.0. The van der Waals surface area contributed by atoms with Crippen LogP contribution >= 0.6 is 31.9 Å². The molecule has 0 aromatic carbocycles. The van der Waals surface area contributed by atoms with Gasteiger partial charge in [-0.25, -0.2) is 24.7 Å². The van der Waals surface area contributed by atoms with Crippen molar-refractivity contribution in [2.45, 2.75) is 90.8 Å². The molecule has 1 amide bonds. The average Bonchev–Trinajstić information content (AvgIpc) is 3.73. The Morgan fingerprint density at radius 3 is 1.58 bits per heavy atom. The Hall–Kier alpha value is -4.25. The number of carboxylic acid groups (broad SMARTS) is 1. The van der Waals surface area contributed by atoms with Gasteiger partial charge in [0.2, 0.25) is 0 Å². The van der Waals surface area contributed by atoms with Crippen LogP contribution in [0, 0.1) is 0 Å². The number of pyridine rings is 2. The number of carboxylic acids is 1. The predicted molar refractivity (Wildman–Crippen MR) is 243 cm³/mol. The van der Waals surface area contributed by atoms with Gasteiger partial charge in [0.05, 0.1) is 24.0 Å². The van der Waals surface area contributed by atoms with Crippen LogP contribution in [0.4, 0.5) is 0 Å². The summed E-state index contributed by atoms with van der Waals surface area (Å²) in [6.07, 6.45) is 13.4. The fourth-order valence-corrected chi connectivity index (χ4v) is 7.41. The molecule has 0 fully saturated rings. The number of ether oxygens (including phenoxy) is 2. The number of nitrogens with zero attached hydrogens (tertiary/aromatic N) is 8. The van der Waals surface area contributed by atoms with Crippen molar-refractivity contribution in [2.24, 2.45) is 5.73 Å². The summed E-state index contributed by atoms with van der Waals surface area (Å²) in [5.74, 6) is -1.22. The molecule has 0 bridgehead atoms. The third-order valence-electron chi connectivity index (χ3n) is 8.79. The minimum atomic E-state index is -1.16. The second-order valence-electron chi connectivity index (χ2n) is 16.3. The van der Waals surface area contributed by atoms with Crippen LogP contribution in [0.5, 0.6) is 0 Å². The third kappa shape index (κ3) is 15.1. The van der Waals surface area contributed by atoms with E-state index in [1.165, 1.54) is 6.20 Å². The van der Waals surface area contributed by atoms with Crippen LogP contribution in [0.2, 0.25) is 51.4 Å². The van der Waals surface area contributed by atoms with Gasteiger partial charge in [-0.2, -0.15) is 0 Å². The molecule has 0 aliphatic heterocycles. The number of carbonyl (C=O) groups is 2. The van der Waals surface area contributed by atoms with E-state index >= 15 is 0 Å². The number of halogens is 2. The van der Waals surface area contributed by atoms with E-state index in [9.17, 15) is 14.7 Å². The maximum Gasteiger partial charge on any atom is 0.339 e. The van der Waals surface area contributed by atoms with Crippen LogP contribution in [-0.4, -0.2) is 85.4 Å². The molecule has 2 unspecified atom stereocenters. The van der Waals surface area contributed by atoms with Crippen molar-refractivity contribution in [2.75, 3.05) is 13.2 Å². The molecule has 6 aromatic rings. The molecular weight excluding hydrogens is 916 g/mol. The molecule has 316 valence electrons. The molecular formula is C40H54Br2N10O5Si2. The van der Waals surface area contributed by atoms with E-state index in [4.69, 9.17) is 15.2 Å². The number of nitrogens with one attached hydrogen (secondary N) is 1. The monoisotopic (exact) mass is 968 g/mol. The first-order valence-electron chi connectivity index (χ1n) is 19.1. The van der Waals surface area contributed by atoms with E-state index in [1.807, 2.05) is 42.7 Å². The topological polar surface area (TPSA) is 198 Å². The number of hydrogen-bond donors (Lipinski definition) is 3. The number of aromatic carboxylic acids is 1. The quantitative estimate of drug-likeness (QED) is 0.0655. The SMILES string of the molecule is CC(N)c1ccncc1.CC(NC(=O)c1cn(COCC[Si](C)(C)C)c2ncc(Br)nc12)c1ccncc1.C[Si](C)(C)CCOCn1cc(C(=O)O)c2nc(Br)cnc21. The number of rotatable bonds is 15. The van der Waals surface area contributed by atoms with Gasteiger partial charge in [0.15, 0.2) is 11.3 Å². The largest absolute Gasteiger partial charge is 0.478 e. The molecule has 19 heteroatoms. The Kier molecular flexibility index (Phi) is 17.6. The summed E-state index contributed by atoms with van der Waals surface area (Å²) in [4.78, 5) is 49.5. The molecule has 0 aliphatic carbocycles. The Balaban J connectivity index is 0.000000222. The first-order valence-corrected chi connectivity index (χ1v) is 28.1. The lowest BCUT2D eigenvalue weighted by Gasteiger charge is -2.15. The lowest BCUT2D eigenvalue weighted by molar-refractivity contribution is 0.0695. The number of aromatic nitrogens is 8.